The highest BCUT2D eigenvalue weighted by molar-refractivity contribution is 6.33. The number of carbonyl (C=O) groups excluding carboxylic acids is 1. The van der Waals surface area contributed by atoms with Crippen molar-refractivity contribution < 1.29 is 4.79 Å². The lowest BCUT2D eigenvalue weighted by Gasteiger charge is -2.08. The molecule has 0 aliphatic carbocycles. The molecule has 1 amide bonds. The maximum Gasteiger partial charge on any atom is 0.254 e. The lowest BCUT2D eigenvalue weighted by molar-refractivity contribution is 0.100. The molecule has 0 fully saturated rings. The van der Waals surface area contributed by atoms with Crippen LogP contribution in [0.25, 0.3) is 11.3 Å². The van der Waals surface area contributed by atoms with E-state index in [2.05, 4.69) is 9.97 Å². The van der Waals surface area contributed by atoms with Gasteiger partial charge in [0.15, 0.2) is 0 Å². The predicted molar refractivity (Wildman–Crippen MR) is 70.1 cm³/mol. The summed E-state index contributed by atoms with van der Waals surface area (Å²) in [7, 11) is 0. The molecule has 0 unspecified atom stereocenters. The van der Waals surface area contributed by atoms with E-state index in [9.17, 15) is 4.79 Å². The second kappa shape index (κ2) is 4.62. The van der Waals surface area contributed by atoms with Crippen LogP contribution in [0.4, 0.5) is 5.95 Å². The Kier molecular flexibility index (Phi) is 3.16. The minimum absolute atomic E-state index is 0.000532. The average Bonchev–Trinajstić information content (AvgIpc) is 2.28. The second-order valence-electron chi connectivity index (χ2n) is 3.83. The van der Waals surface area contributed by atoms with E-state index in [0.717, 1.165) is 5.56 Å². The lowest BCUT2D eigenvalue weighted by atomic mass is 10.1. The summed E-state index contributed by atoms with van der Waals surface area (Å²) in [6, 6.07) is 7.43. The molecule has 4 N–H and O–H groups in total. The summed E-state index contributed by atoms with van der Waals surface area (Å²) in [6.45, 7) is 1.96. The molecule has 2 aromatic rings. The van der Waals surface area contributed by atoms with Gasteiger partial charge in [-0.2, -0.15) is 0 Å². The van der Waals surface area contributed by atoms with Crippen molar-refractivity contribution in [2.75, 3.05) is 5.73 Å². The monoisotopic (exact) mass is 262 g/mol. The fourth-order valence-electron chi connectivity index (χ4n) is 1.59. The number of nitrogen functional groups attached to an aromatic ring is 1. The van der Waals surface area contributed by atoms with Crippen molar-refractivity contribution in [3.05, 3.63) is 40.5 Å². The van der Waals surface area contributed by atoms with E-state index in [1.165, 1.54) is 0 Å². The van der Waals surface area contributed by atoms with Crippen molar-refractivity contribution in [2.45, 2.75) is 6.92 Å². The van der Waals surface area contributed by atoms with Crippen LogP contribution in [0.5, 0.6) is 0 Å². The maximum absolute atomic E-state index is 11.4. The van der Waals surface area contributed by atoms with Gasteiger partial charge < -0.3 is 11.5 Å². The molecule has 0 saturated carbocycles. The highest BCUT2D eigenvalue weighted by Gasteiger charge is 2.18. The number of hydrogen-bond donors (Lipinski definition) is 2. The Morgan fingerprint density at radius 1 is 1.22 bits per heavy atom. The van der Waals surface area contributed by atoms with Gasteiger partial charge >= 0.3 is 0 Å². The number of rotatable bonds is 2. The largest absolute Gasteiger partial charge is 0.368 e. The van der Waals surface area contributed by atoms with Crippen LogP contribution in [0.15, 0.2) is 24.3 Å². The highest BCUT2D eigenvalue weighted by atomic mass is 35.5. The van der Waals surface area contributed by atoms with Gasteiger partial charge in [-0.3, -0.25) is 4.79 Å². The zero-order valence-electron chi connectivity index (χ0n) is 9.64. The summed E-state index contributed by atoms with van der Waals surface area (Å²) in [5.41, 5.74) is 13.1. The third-order valence-electron chi connectivity index (χ3n) is 2.45. The second-order valence-corrected chi connectivity index (χ2v) is 4.18. The summed E-state index contributed by atoms with van der Waals surface area (Å²) in [5, 5.41) is -0.0365. The third kappa shape index (κ3) is 2.26. The Bertz CT molecular complexity index is 610. The van der Waals surface area contributed by atoms with Crippen molar-refractivity contribution in [1.82, 2.24) is 9.97 Å². The summed E-state index contributed by atoms with van der Waals surface area (Å²) in [4.78, 5) is 19.2. The molecule has 0 atom stereocenters. The molecule has 5 nitrogen and oxygen atoms in total. The molecule has 0 radical (unpaired) electrons. The Hall–Kier alpha value is -2.14. The molecule has 2 rings (SSSR count). The fraction of sp³-hybridized carbons (Fsp3) is 0.0833. The summed E-state index contributed by atoms with van der Waals surface area (Å²) < 4.78 is 0. The quantitative estimate of drug-likeness (QED) is 0.807. The van der Waals surface area contributed by atoms with Crippen LogP contribution in [0.1, 0.15) is 15.9 Å². The normalized spacial score (nSPS) is 10.3. The molecule has 92 valence electrons. The van der Waals surface area contributed by atoms with Gasteiger partial charge in [-0.05, 0) is 6.92 Å². The number of primary amides is 1. The number of anilines is 1. The van der Waals surface area contributed by atoms with E-state index >= 15 is 0 Å². The number of hydrogen-bond acceptors (Lipinski definition) is 4. The van der Waals surface area contributed by atoms with Gasteiger partial charge in [0.2, 0.25) is 5.95 Å². The van der Waals surface area contributed by atoms with Crippen molar-refractivity contribution in [1.29, 1.82) is 0 Å². The van der Waals surface area contributed by atoms with E-state index < -0.39 is 5.91 Å². The number of aryl methyl sites for hydroxylation is 1. The van der Waals surface area contributed by atoms with Gasteiger partial charge in [-0.25, -0.2) is 9.97 Å². The zero-order chi connectivity index (χ0) is 13.3. The molecular weight excluding hydrogens is 252 g/mol. The van der Waals surface area contributed by atoms with E-state index in [-0.39, 0.29) is 16.7 Å². The molecule has 0 aliphatic rings. The Morgan fingerprint density at radius 3 is 2.39 bits per heavy atom. The first-order valence-electron chi connectivity index (χ1n) is 5.19. The Labute approximate surface area is 109 Å². The molecular formula is C12H11ClN4O. The maximum atomic E-state index is 11.4. The third-order valence-corrected chi connectivity index (χ3v) is 2.73. The number of nitrogens with two attached hydrogens (primary N) is 2. The fourth-order valence-corrected chi connectivity index (χ4v) is 1.86. The molecule has 0 bridgehead atoms. The van der Waals surface area contributed by atoms with Crippen molar-refractivity contribution in [2.24, 2.45) is 5.73 Å². The molecule has 1 heterocycles. The number of nitrogens with zero attached hydrogens (tertiary/aromatic N) is 2. The van der Waals surface area contributed by atoms with E-state index in [0.29, 0.717) is 11.3 Å². The minimum Gasteiger partial charge on any atom is -0.368 e. The molecule has 1 aromatic carbocycles. The van der Waals surface area contributed by atoms with Crippen LogP contribution in [0.3, 0.4) is 0 Å². The number of aromatic nitrogens is 2. The van der Waals surface area contributed by atoms with Gasteiger partial charge in [0.25, 0.3) is 5.91 Å². The van der Waals surface area contributed by atoms with Crippen molar-refractivity contribution >= 4 is 23.5 Å². The molecule has 6 heteroatoms. The molecule has 0 saturated heterocycles. The smallest absolute Gasteiger partial charge is 0.254 e. The van der Waals surface area contributed by atoms with E-state index in [4.69, 9.17) is 23.1 Å². The SMILES string of the molecule is Cc1ccc(-c2nc(N)nc(Cl)c2C(N)=O)cc1. The van der Waals surface area contributed by atoms with Crippen LogP contribution in [-0.4, -0.2) is 15.9 Å². The molecule has 18 heavy (non-hydrogen) atoms. The van der Waals surface area contributed by atoms with Crippen molar-refractivity contribution in [3.8, 4) is 11.3 Å². The van der Waals surface area contributed by atoms with Crippen LogP contribution in [0.2, 0.25) is 5.15 Å². The Balaban J connectivity index is 2.69. The first kappa shape index (κ1) is 12.3. The summed E-state index contributed by atoms with van der Waals surface area (Å²) >= 11 is 5.88. The lowest BCUT2D eigenvalue weighted by Crippen LogP contribution is -2.16. The van der Waals surface area contributed by atoms with E-state index in [1.54, 1.807) is 0 Å². The number of carbonyl (C=O) groups is 1. The molecule has 0 spiro atoms. The Morgan fingerprint density at radius 2 is 1.83 bits per heavy atom. The first-order chi connectivity index (χ1) is 8.49. The van der Waals surface area contributed by atoms with Crippen LogP contribution in [-0.2, 0) is 0 Å². The zero-order valence-corrected chi connectivity index (χ0v) is 10.4. The highest BCUT2D eigenvalue weighted by Crippen LogP contribution is 2.26. The van der Waals surface area contributed by atoms with Crippen LogP contribution in [0, 0.1) is 6.92 Å². The first-order valence-corrected chi connectivity index (χ1v) is 5.56. The van der Waals surface area contributed by atoms with Crippen molar-refractivity contribution in [3.63, 3.8) is 0 Å². The van der Waals surface area contributed by atoms with Gasteiger partial charge in [-0.1, -0.05) is 41.4 Å². The molecule has 0 aliphatic heterocycles. The summed E-state index contributed by atoms with van der Waals surface area (Å²) in [6.07, 6.45) is 0. The van der Waals surface area contributed by atoms with Gasteiger partial charge in [0.05, 0.1) is 5.69 Å². The number of amides is 1. The van der Waals surface area contributed by atoms with Gasteiger partial charge in [0.1, 0.15) is 10.7 Å². The van der Waals surface area contributed by atoms with Gasteiger partial charge in [0, 0.05) is 5.56 Å². The molecule has 1 aromatic heterocycles. The number of benzene rings is 1. The van der Waals surface area contributed by atoms with Crippen LogP contribution < -0.4 is 11.5 Å². The topological polar surface area (TPSA) is 94.9 Å². The standard InChI is InChI=1S/C12H11ClN4O/c1-6-2-4-7(5-3-6)9-8(11(14)18)10(13)17-12(15)16-9/h2-5H,1H3,(H2,14,18)(H2,15,16,17). The van der Waals surface area contributed by atoms with E-state index in [1.807, 2.05) is 31.2 Å². The van der Waals surface area contributed by atoms with Gasteiger partial charge in [-0.15, -0.1) is 0 Å². The number of halogens is 1. The summed E-state index contributed by atoms with van der Waals surface area (Å²) in [5.74, 6) is -0.684. The average molecular weight is 263 g/mol. The minimum atomic E-state index is -0.685. The van der Waals surface area contributed by atoms with Crippen LogP contribution >= 0.6 is 11.6 Å². The predicted octanol–water partition coefficient (Wildman–Crippen LogP) is 1.79.